The van der Waals surface area contributed by atoms with Gasteiger partial charge < -0.3 is 16.4 Å². The van der Waals surface area contributed by atoms with Gasteiger partial charge in [-0.1, -0.05) is 6.07 Å². The molecule has 0 atom stereocenters. The van der Waals surface area contributed by atoms with Crippen LogP contribution in [-0.2, 0) is 14.8 Å². The van der Waals surface area contributed by atoms with Crippen LogP contribution in [0.2, 0.25) is 0 Å². The zero-order valence-electron chi connectivity index (χ0n) is 13.3. The number of benzene rings is 1. The molecule has 4 N–H and O–H groups in total. The zero-order chi connectivity index (χ0) is 17.6. The Morgan fingerprint density at radius 2 is 2.12 bits per heavy atom. The molecule has 1 aromatic rings. The Balaban J connectivity index is 2.11. The second-order valence-electron chi connectivity index (χ2n) is 5.47. The van der Waals surface area contributed by atoms with Crippen LogP contribution in [0.4, 0.5) is 0 Å². The van der Waals surface area contributed by atoms with Gasteiger partial charge in [-0.2, -0.15) is 4.31 Å². The first-order chi connectivity index (χ1) is 11.4. The van der Waals surface area contributed by atoms with Crippen molar-refractivity contribution in [2.75, 3.05) is 32.7 Å². The monoisotopic (exact) mass is 354 g/mol. The first kappa shape index (κ1) is 18.4. The maximum atomic E-state index is 12.6. The SMILES string of the molecule is NCCCCNC(=O)c1cccc(S(=O)(=O)N2CCNC(=O)C2)c1. The number of hydrogen-bond acceptors (Lipinski definition) is 5. The second kappa shape index (κ2) is 8.22. The number of nitrogens with two attached hydrogens (primary N) is 1. The Labute approximate surface area is 141 Å². The highest BCUT2D eigenvalue weighted by Crippen LogP contribution is 2.17. The Hall–Kier alpha value is -1.97. The van der Waals surface area contributed by atoms with Crippen molar-refractivity contribution >= 4 is 21.8 Å². The number of unbranched alkanes of at least 4 members (excludes halogenated alkanes) is 1. The Bertz CT molecular complexity index is 705. The van der Waals surface area contributed by atoms with Gasteiger partial charge in [0.25, 0.3) is 5.91 Å². The number of hydrogen-bond donors (Lipinski definition) is 3. The first-order valence-electron chi connectivity index (χ1n) is 7.80. The molecule has 1 saturated heterocycles. The molecule has 24 heavy (non-hydrogen) atoms. The summed E-state index contributed by atoms with van der Waals surface area (Å²) in [6.45, 7) is 1.33. The van der Waals surface area contributed by atoms with Crippen molar-refractivity contribution in [3.63, 3.8) is 0 Å². The maximum Gasteiger partial charge on any atom is 0.251 e. The average molecular weight is 354 g/mol. The van der Waals surface area contributed by atoms with Gasteiger partial charge in [0.15, 0.2) is 0 Å². The van der Waals surface area contributed by atoms with Crippen LogP contribution >= 0.6 is 0 Å². The molecule has 1 aromatic carbocycles. The summed E-state index contributed by atoms with van der Waals surface area (Å²) >= 11 is 0. The molecule has 1 aliphatic rings. The Morgan fingerprint density at radius 1 is 1.33 bits per heavy atom. The Kier molecular flexibility index (Phi) is 6.29. The van der Waals surface area contributed by atoms with Crippen LogP contribution in [0.1, 0.15) is 23.2 Å². The first-order valence-corrected chi connectivity index (χ1v) is 9.24. The largest absolute Gasteiger partial charge is 0.354 e. The highest BCUT2D eigenvalue weighted by Gasteiger charge is 2.29. The molecule has 1 fully saturated rings. The van der Waals surface area contributed by atoms with Gasteiger partial charge in [-0.05, 0) is 37.6 Å². The quantitative estimate of drug-likeness (QED) is 0.558. The molecule has 1 aliphatic heterocycles. The highest BCUT2D eigenvalue weighted by atomic mass is 32.2. The maximum absolute atomic E-state index is 12.6. The molecule has 0 unspecified atom stereocenters. The second-order valence-corrected chi connectivity index (χ2v) is 7.41. The summed E-state index contributed by atoms with van der Waals surface area (Å²) in [5.74, 6) is -0.668. The fourth-order valence-electron chi connectivity index (χ4n) is 2.34. The lowest BCUT2D eigenvalue weighted by Gasteiger charge is -2.26. The summed E-state index contributed by atoms with van der Waals surface area (Å²) in [7, 11) is -3.80. The van der Waals surface area contributed by atoms with Crippen molar-refractivity contribution in [2.24, 2.45) is 5.73 Å². The fraction of sp³-hybridized carbons (Fsp3) is 0.467. The molecular weight excluding hydrogens is 332 g/mol. The average Bonchev–Trinajstić information content (AvgIpc) is 2.58. The van der Waals surface area contributed by atoms with E-state index >= 15 is 0 Å². The predicted molar refractivity (Wildman–Crippen MR) is 88.8 cm³/mol. The van der Waals surface area contributed by atoms with E-state index in [0.29, 0.717) is 13.1 Å². The predicted octanol–water partition coefficient (Wildman–Crippen LogP) is -0.724. The third-order valence-corrected chi connectivity index (χ3v) is 5.49. The molecule has 0 aliphatic carbocycles. The number of carbonyl (C=O) groups is 2. The molecule has 0 saturated carbocycles. The molecule has 2 amide bonds. The van der Waals surface area contributed by atoms with Crippen LogP contribution < -0.4 is 16.4 Å². The number of nitrogens with zero attached hydrogens (tertiary/aromatic N) is 1. The van der Waals surface area contributed by atoms with E-state index in [1.54, 1.807) is 6.07 Å². The topological polar surface area (TPSA) is 122 Å². The van der Waals surface area contributed by atoms with Crippen LogP contribution in [0.5, 0.6) is 0 Å². The summed E-state index contributed by atoms with van der Waals surface area (Å²) in [6, 6.07) is 5.83. The van der Waals surface area contributed by atoms with E-state index in [0.717, 1.165) is 17.1 Å². The fourth-order valence-corrected chi connectivity index (χ4v) is 3.78. The van der Waals surface area contributed by atoms with Crippen molar-refractivity contribution in [1.29, 1.82) is 0 Å². The standard InChI is InChI=1S/C15H22N4O4S/c16-6-1-2-7-18-15(21)12-4-3-5-13(10-12)24(22,23)19-9-8-17-14(20)11-19/h3-5,10H,1-2,6-9,11,16H2,(H,17,20)(H,18,21). The van der Waals surface area contributed by atoms with Crippen LogP contribution in [0.15, 0.2) is 29.2 Å². The number of piperazine rings is 1. The molecule has 0 bridgehead atoms. The molecule has 9 heteroatoms. The lowest BCUT2D eigenvalue weighted by molar-refractivity contribution is -0.122. The van der Waals surface area contributed by atoms with Crippen molar-refractivity contribution < 1.29 is 18.0 Å². The molecular formula is C15H22N4O4S. The molecule has 0 radical (unpaired) electrons. The summed E-state index contributed by atoms with van der Waals surface area (Å²) in [4.78, 5) is 23.5. The molecule has 0 spiro atoms. The molecule has 1 heterocycles. The molecule has 2 rings (SSSR count). The van der Waals surface area contributed by atoms with Gasteiger partial charge in [-0.3, -0.25) is 9.59 Å². The number of sulfonamides is 1. The summed E-state index contributed by atoms with van der Waals surface area (Å²) < 4.78 is 26.3. The number of nitrogens with one attached hydrogen (secondary N) is 2. The van der Waals surface area contributed by atoms with Gasteiger partial charge in [0, 0.05) is 25.2 Å². The third-order valence-electron chi connectivity index (χ3n) is 3.65. The van der Waals surface area contributed by atoms with Crippen LogP contribution in [-0.4, -0.2) is 57.3 Å². The summed E-state index contributed by atoms with van der Waals surface area (Å²) in [6.07, 6.45) is 1.58. The number of carbonyl (C=O) groups excluding carboxylic acids is 2. The minimum Gasteiger partial charge on any atom is -0.354 e. The lowest BCUT2D eigenvalue weighted by Crippen LogP contribution is -2.49. The number of rotatable bonds is 7. The van der Waals surface area contributed by atoms with E-state index in [1.165, 1.54) is 18.2 Å². The van der Waals surface area contributed by atoms with E-state index in [2.05, 4.69) is 10.6 Å². The van der Waals surface area contributed by atoms with E-state index in [4.69, 9.17) is 5.73 Å². The zero-order valence-corrected chi connectivity index (χ0v) is 14.1. The molecule has 8 nitrogen and oxygen atoms in total. The van der Waals surface area contributed by atoms with Crippen LogP contribution in [0.25, 0.3) is 0 Å². The number of amides is 2. The van der Waals surface area contributed by atoms with E-state index < -0.39 is 10.0 Å². The molecule has 132 valence electrons. The van der Waals surface area contributed by atoms with E-state index in [-0.39, 0.29) is 41.9 Å². The van der Waals surface area contributed by atoms with Gasteiger partial charge in [0.05, 0.1) is 11.4 Å². The van der Waals surface area contributed by atoms with Gasteiger partial charge in [0.1, 0.15) is 0 Å². The van der Waals surface area contributed by atoms with Gasteiger partial charge in [-0.25, -0.2) is 8.42 Å². The van der Waals surface area contributed by atoms with Crippen molar-refractivity contribution in [3.8, 4) is 0 Å². The molecule has 0 aromatic heterocycles. The minimum atomic E-state index is -3.80. The van der Waals surface area contributed by atoms with E-state index in [1.807, 2.05) is 0 Å². The van der Waals surface area contributed by atoms with Crippen LogP contribution in [0.3, 0.4) is 0 Å². The summed E-state index contributed by atoms with van der Waals surface area (Å²) in [5, 5.41) is 5.31. The van der Waals surface area contributed by atoms with E-state index in [9.17, 15) is 18.0 Å². The third kappa shape index (κ3) is 4.53. The van der Waals surface area contributed by atoms with Crippen molar-refractivity contribution in [1.82, 2.24) is 14.9 Å². The van der Waals surface area contributed by atoms with Crippen molar-refractivity contribution in [2.45, 2.75) is 17.7 Å². The summed E-state index contributed by atoms with van der Waals surface area (Å²) in [5.41, 5.74) is 5.66. The lowest BCUT2D eigenvalue weighted by atomic mass is 10.2. The van der Waals surface area contributed by atoms with Crippen molar-refractivity contribution in [3.05, 3.63) is 29.8 Å². The smallest absolute Gasteiger partial charge is 0.251 e. The van der Waals surface area contributed by atoms with Crippen LogP contribution in [0, 0.1) is 0 Å². The van der Waals surface area contributed by atoms with Gasteiger partial charge in [0.2, 0.25) is 15.9 Å². The normalized spacial score (nSPS) is 15.8. The van der Waals surface area contributed by atoms with Gasteiger partial charge in [-0.15, -0.1) is 0 Å². The Morgan fingerprint density at radius 3 is 2.83 bits per heavy atom. The minimum absolute atomic E-state index is 0.00630. The van der Waals surface area contributed by atoms with Gasteiger partial charge >= 0.3 is 0 Å². The highest BCUT2D eigenvalue weighted by molar-refractivity contribution is 7.89.